The van der Waals surface area contributed by atoms with Crippen LogP contribution in [0.15, 0.2) is 12.2 Å². The SMILES string of the molecule is O=C(O)OC1C=CCSC1. The molecule has 1 N–H and O–H groups in total. The minimum Gasteiger partial charge on any atom is -0.450 e. The molecule has 1 aliphatic heterocycles. The molecular weight excluding hydrogens is 152 g/mol. The van der Waals surface area contributed by atoms with E-state index in [1.165, 1.54) is 0 Å². The lowest BCUT2D eigenvalue weighted by atomic mass is 10.3. The standard InChI is InChI=1S/C6H8O3S/c7-6(8)9-5-2-1-3-10-4-5/h1-2,5H,3-4H2,(H,7,8). The van der Waals surface area contributed by atoms with Gasteiger partial charge in [-0.15, -0.1) is 0 Å². The van der Waals surface area contributed by atoms with Gasteiger partial charge in [-0.3, -0.25) is 0 Å². The van der Waals surface area contributed by atoms with Crippen LogP contribution in [0.1, 0.15) is 0 Å². The third-order valence-electron chi connectivity index (χ3n) is 1.10. The lowest BCUT2D eigenvalue weighted by Gasteiger charge is -2.13. The van der Waals surface area contributed by atoms with E-state index in [-0.39, 0.29) is 6.10 Å². The van der Waals surface area contributed by atoms with E-state index in [4.69, 9.17) is 5.11 Å². The van der Waals surface area contributed by atoms with Gasteiger partial charge in [-0.2, -0.15) is 11.8 Å². The molecule has 1 aliphatic rings. The number of rotatable bonds is 1. The zero-order chi connectivity index (χ0) is 7.40. The smallest absolute Gasteiger partial charge is 0.450 e. The second kappa shape index (κ2) is 3.51. The Balaban J connectivity index is 2.33. The van der Waals surface area contributed by atoms with Gasteiger partial charge in [0.15, 0.2) is 0 Å². The normalized spacial score (nSPS) is 24.2. The molecule has 56 valence electrons. The Morgan fingerprint density at radius 2 is 2.60 bits per heavy atom. The lowest BCUT2D eigenvalue weighted by molar-refractivity contribution is 0.0763. The molecule has 0 spiro atoms. The summed E-state index contributed by atoms with van der Waals surface area (Å²) in [5, 5.41) is 8.20. The molecule has 1 heterocycles. The van der Waals surface area contributed by atoms with Crippen LogP contribution in [0, 0.1) is 0 Å². The second-order valence-electron chi connectivity index (χ2n) is 1.89. The van der Waals surface area contributed by atoms with Gasteiger partial charge in [0.2, 0.25) is 0 Å². The van der Waals surface area contributed by atoms with Crippen molar-refractivity contribution in [3.8, 4) is 0 Å². The quantitative estimate of drug-likeness (QED) is 0.464. The Labute approximate surface area is 63.1 Å². The van der Waals surface area contributed by atoms with Crippen molar-refractivity contribution >= 4 is 17.9 Å². The molecule has 0 aromatic heterocycles. The minimum atomic E-state index is -1.20. The van der Waals surface area contributed by atoms with E-state index in [9.17, 15) is 4.79 Å². The maximum atomic E-state index is 10.0. The highest BCUT2D eigenvalue weighted by Crippen LogP contribution is 2.12. The monoisotopic (exact) mass is 160 g/mol. The van der Waals surface area contributed by atoms with Crippen molar-refractivity contribution in [3.63, 3.8) is 0 Å². The summed E-state index contributed by atoms with van der Waals surface area (Å²) in [5.74, 6) is 1.70. The van der Waals surface area contributed by atoms with Gasteiger partial charge in [0.05, 0.1) is 0 Å². The molecule has 3 nitrogen and oxygen atoms in total. The predicted octanol–water partition coefficient (Wildman–Crippen LogP) is 1.35. The van der Waals surface area contributed by atoms with Crippen molar-refractivity contribution in [1.82, 2.24) is 0 Å². The summed E-state index contributed by atoms with van der Waals surface area (Å²) in [6.45, 7) is 0. The second-order valence-corrected chi connectivity index (χ2v) is 2.96. The number of hydrogen-bond donors (Lipinski definition) is 1. The number of carboxylic acid groups (broad SMARTS) is 1. The summed E-state index contributed by atoms with van der Waals surface area (Å²) >= 11 is 1.67. The summed E-state index contributed by atoms with van der Waals surface area (Å²) in [7, 11) is 0. The molecule has 0 saturated heterocycles. The minimum absolute atomic E-state index is 0.240. The van der Waals surface area contributed by atoms with E-state index >= 15 is 0 Å². The van der Waals surface area contributed by atoms with E-state index in [1.54, 1.807) is 17.8 Å². The Hall–Kier alpha value is -0.640. The molecule has 0 fully saturated rings. The van der Waals surface area contributed by atoms with Gasteiger partial charge in [0.1, 0.15) is 6.10 Å². The number of thioether (sulfide) groups is 1. The summed E-state index contributed by atoms with van der Waals surface area (Å²) in [6.07, 6.45) is 2.26. The molecular formula is C6H8O3S. The fourth-order valence-electron chi connectivity index (χ4n) is 0.718. The van der Waals surface area contributed by atoms with Gasteiger partial charge in [0, 0.05) is 11.5 Å². The molecule has 10 heavy (non-hydrogen) atoms. The van der Waals surface area contributed by atoms with E-state index in [1.807, 2.05) is 6.08 Å². The first-order valence-corrected chi connectivity index (χ1v) is 4.08. The van der Waals surface area contributed by atoms with E-state index in [0.717, 1.165) is 11.5 Å². The number of hydrogen-bond acceptors (Lipinski definition) is 3. The van der Waals surface area contributed by atoms with Crippen LogP contribution in [0.5, 0.6) is 0 Å². The highest BCUT2D eigenvalue weighted by molar-refractivity contribution is 7.99. The van der Waals surface area contributed by atoms with Gasteiger partial charge < -0.3 is 9.84 Å². The molecule has 1 atom stereocenters. The van der Waals surface area contributed by atoms with E-state index in [2.05, 4.69) is 4.74 Å². The van der Waals surface area contributed by atoms with Crippen LogP contribution in [0.25, 0.3) is 0 Å². The van der Waals surface area contributed by atoms with Crippen molar-refractivity contribution in [3.05, 3.63) is 12.2 Å². The van der Waals surface area contributed by atoms with Gasteiger partial charge in [0.25, 0.3) is 0 Å². The molecule has 0 aromatic carbocycles. The zero-order valence-electron chi connectivity index (χ0n) is 5.32. The van der Waals surface area contributed by atoms with E-state index in [0.29, 0.717) is 0 Å². The third-order valence-corrected chi connectivity index (χ3v) is 2.09. The van der Waals surface area contributed by atoms with Crippen LogP contribution in [0.4, 0.5) is 4.79 Å². The van der Waals surface area contributed by atoms with Gasteiger partial charge in [-0.05, 0) is 6.08 Å². The first-order valence-electron chi connectivity index (χ1n) is 2.93. The molecule has 0 radical (unpaired) electrons. The zero-order valence-corrected chi connectivity index (χ0v) is 6.13. The fourth-order valence-corrected chi connectivity index (χ4v) is 1.51. The van der Waals surface area contributed by atoms with Gasteiger partial charge in [-0.1, -0.05) is 6.08 Å². The summed E-state index contributed by atoms with van der Waals surface area (Å²) < 4.78 is 4.50. The van der Waals surface area contributed by atoms with Crippen molar-refractivity contribution in [1.29, 1.82) is 0 Å². The van der Waals surface area contributed by atoms with Gasteiger partial charge in [-0.25, -0.2) is 4.79 Å². The van der Waals surface area contributed by atoms with Crippen LogP contribution in [0.2, 0.25) is 0 Å². The van der Waals surface area contributed by atoms with Crippen LogP contribution in [-0.4, -0.2) is 28.9 Å². The first kappa shape index (κ1) is 7.47. The third kappa shape index (κ3) is 2.31. The van der Waals surface area contributed by atoms with Crippen molar-refractivity contribution in [2.24, 2.45) is 0 Å². The van der Waals surface area contributed by atoms with Crippen LogP contribution >= 0.6 is 11.8 Å². The number of carbonyl (C=O) groups is 1. The summed E-state index contributed by atoms with van der Waals surface area (Å²) in [4.78, 5) is 10.0. The molecule has 0 aliphatic carbocycles. The Morgan fingerprint density at radius 3 is 3.10 bits per heavy atom. The van der Waals surface area contributed by atoms with Gasteiger partial charge >= 0.3 is 6.16 Å². The van der Waals surface area contributed by atoms with E-state index < -0.39 is 6.16 Å². The Morgan fingerprint density at radius 1 is 1.80 bits per heavy atom. The number of ether oxygens (including phenoxy) is 1. The van der Waals surface area contributed by atoms with Crippen molar-refractivity contribution in [2.75, 3.05) is 11.5 Å². The maximum absolute atomic E-state index is 10.0. The highest BCUT2D eigenvalue weighted by atomic mass is 32.2. The Bertz CT molecular complexity index is 155. The molecule has 1 unspecified atom stereocenters. The van der Waals surface area contributed by atoms with Crippen LogP contribution in [0.3, 0.4) is 0 Å². The fraction of sp³-hybridized carbons (Fsp3) is 0.500. The topological polar surface area (TPSA) is 46.5 Å². The van der Waals surface area contributed by atoms with Crippen molar-refractivity contribution < 1.29 is 14.6 Å². The average Bonchev–Trinajstić information content (AvgIpc) is 1.88. The lowest BCUT2D eigenvalue weighted by Crippen LogP contribution is -2.19. The maximum Gasteiger partial charge on any atom is 0.506 e. The molecule has 0 amide bonds. The highest BCUT2D eigenvalue weighted by Gasteiger charge is 2.11. The molecule has 1 rings (SSSR count). The summed E-state index contributed by atoms with van der Waals surface area (Å²) in [5.41, 5.74) is 0. The molecule has 0 aromatic rings. The van der Waals surface area contributed by atoms with Crippen molar-refractivity contribution in [2.45, 2.75) is 6.10 Å². The Kier molecular flexibility index (Phi) is 2.62. The summed E-state index contributed by atoms with van der Waals surface area (Å²) in [6, 6.07) is 0. The van der Waals surface area contributed by atoms with Crippen LogP contribution in [-0.2, 0) is 4.74 Å². The predicted molar refractivity (Wildman–Crippen MR) is 39.4 cm³/mol. The average molecular weight is 160 g/mol. The van der Waals surface area contributed by atoms with Crippen LogP contribution < -0.4 is 0 Å². The molecule has 0 saturated carbocycles. The molecule has 0 bridgehead atoms. The molecule has 4 heteroatoms. The largest absolute Gasteiger partial charge is 0.506 e. The first-order chi connectivity index (χ1) is 4.79.